The lowest BCUT2D eigenvalue weighted by Crippen LogP contribution is -2.57. The Balaban J connectivity index is 1.29. The van der Waals surface area contributed by atoms with E-state index in [1.807, 2.05) is 91.0 Å². The lowest BCUT2D eigenvalue weighted by Gasteiger charge is -2.39. The van der Waals surface area contributed by atoms with Gasteiger partial charge in [0.2, 0.25) is 11.8 Å². The second kappa shape index (κ2) is 16.6. The molecule has 2 N–H and O–H groups in total. The van der Waals surface area contributed by atoms with Crippen molar-refractivity contribution in [3.8, 4) is 0 Å². The highest BCUT2D eigenvalue weighted by molar-refractivity contribution is 9.09. The maximum atomic E-state index is 15.4. The number of aliphatic hydroxyl groups is 1. The maximum Gasteiger partial charge on any atom is 0.313 e. The maximum absolute atomic E-state index is 15.4. The first-order valence-electron chi connectivity index (χ1n) is 19.0. The predicted octanol–water partition coefficient (Wildman–Crippen LogP) is 6.60. The fourth-order valence-corrected chi connectivity index (χ4v) is 9.81. The van der Waals surface area contributed by atoms with Crippen LogP contribution in [0.15, 0.2) is 128 Å². The van der Waals surface area contributed by atoms with Gasteiger partial charge in [0.25, 0.3) is 5.91 Å². The molecule has 0 aliphatic carbocycles. The molecular formula is C45H46BrN3O7. The molecule has 1 unspecified atom stereocenters. The highest BCUT2D eigenvalue weighted by atomic mass is 79.9. The number of aliphatic hydroxyl groups excluding tert-OH is 1. The van der Waals surface area contributed by atoms with Crippen LogP contribution in [0.25, 0.3) is 10.8 Å². The van der Waals surface area contributed by atoms with E-state index in [4.69, 9.17) is 9.47 Å². The third-order valence-electron chi connectivity index (χ3n) is 11.3. The van der Waals surface area contributed by atoms with Gasteiger partial charge in [0, 0.05) is 23.5 Å². The van der Waals surface area contributed by atoms with Gasteiger partial charge in [-0.05, 0) is 53.8 Å². The van der Waals surface area contributed by atoms with Crippen LogP contribution < -0.4 is 10.2 Å². The fourth-order valence-electron chi connectivity index (χ4n) is 8.87. The Morgan fingerprint density at radius 2 is 1.64 bits per heavy atom. The summed E-state index contributed by atoms with van der Waals surface area (Å²) in [5.74, 6) is -3.99. The molecule has 3 aliphatic heterocycles. The normalized spacial score (nSPS) is 25.2. The zero-order valence-electron chi connectivity index (χ0n) is 31.2. The molecule has 4 aromatic carbocycles. The first kappa shape index (κ1) is 39.1. The van der Waals surface area contributed by atoms with E-state index in [0.717, 1.165) is 10.8 Å². The molecule has 3 fully saturated rings. The molecule has 0 saturated carbocycles. The van der Waals surface area contributed by atoms with Crippen molar-refractivity contribution in [1.82, 2.24) is 10.2 Å². The molecule has 0 radical (unpaired) electrons. The van der Waals surface area contributed by atoms with Gasteiger partial charge >= 0.3 is 5.97 Å². The van der Waals surface area contributed by atoms with Crippen LogP contribution in [0.5, 0.6) is 0 Å². The van der Waals surface area contributed by atoms with Gasteiger partial charge in [0.15, 0.2) is 0 Å². The highest BCUT2D eigenvalue weighted by Gasteiger charge is 2.78. The SMILES string of the molecule is C=CCCC(=O)N[C@H](C)[C@@H](OC(=O)[C@H]1[C@@H]2O[C@@]3(CC2Br)[C@@H]1C(=O)N([C@H](CO)c1ccccc1)[C@@H]3C(=O)N(CC=C)c1ccc2ccccc2c1)c1ccccc1. The first-order chi connectivity index (χ1) is 27.1. The summed E-state index contributed by atoms with van der Waals surface area (Å²) in [6.45, 7) is 9.07. The summed E-state index contributed by atoms with van der Waals surface area (Å²) in [7, 11) is 0. The Kier molecular flexibility index (Phi) is 11.6. The number of nitrogens with zero attached hydrogens (tertiary/aromatic N) is 2. The number of esters is 1. The highest BCUT2D eigenvalue weighted by Crippen LogP contribution is 2.61. The third kappa shape index (κ3) is 7.08. The number of nitrogens with one attached hydrogen (secondary N) is 1. The summed E-state index contributed by atoms with van der Waals surface area (Å²) in [5, 5.41) is 15.9. The summed E-state index contributed by atoms with van der Waals surface area (Å²) in [5.41, 5.74) is 0.462. The summed E-state index contributed by atoms with van der Waals surface area (Å²) in [6.07, 6.45) is 2.59. The summed E-state index contributed by atoms with van der Waals surface area (Å²) in [4.78, 5) is 60.7. The Morgan fingerprint density at radius 3 is 2.30 bits per heavy atom. The van der Waals surface area contributed by atoms with Crippen LogP contribution in [0.3, 0.4) is 0 Å². The minimum absolute atomic E-state index is 0.132. The standard InChI is InChI=1S/C45H46BrN3O7/c1-4-6-21-36(51)47-28(3)39(31-18-11-8-12-19-31)55-44(54)37-38-42(52)49(35(27-50)30-16-9-7-10-17-30)41(45(38)26-34(46)40(37)56-45)43(53)48(24-5-2)33-23-22-29-15-13-14-20-32(29)25-33/h4-5,7-20,22-23,25,28,34-35,37-41,50H,1-2,6,21,24,26-27H2,3H3,(H,47,51)/t28-,34?,35-,37-,38+,39-,40-,41-,45+/m1/s1. The molecule has 56 heavy (non-hydrogen) atoms. The number of amides is 3. The number of carbonyl (C=O) groups is 4. The molecule has 4 aromatic rings. The van der Waals surface area contributed by atoms with Gasteiger partial charge in [0.1, 0.15) is 17.7 Å². The zero-order chi connectivity index (χ0) is 39.6. The number of alkyl halides is 1. The molecule has 3 aliphatic rings. The minimum atomic E-state index is -1.44. The van der Waals surface area contributed by atoms with E-state index in [9.17, 15) is 14.7 Å². The number of likely N-dealkylation sites (tertiary alicyclic amines) is 1. The van der Waals surface area contributed by atoms with Crippen LogP contribution in [-0.4, -0.2) is 75.5 Å². The van der Waals surface area contributed by atoms with Gasteiger partial charge < -0.3 is 29.7 Å². The van der Waals surface area contributed by atoms with Crippen LogP contribution in [-0.2, 0) is 28.7 Å². The van der Waals surface area contributed by atoms with Crippen LogP contribution in [0.1, 0.15) is 49.5 Å². The molecular weight excluding hydrogens is 774 g/mol. The van der Waals surface area contributed by atoms with E-state index in [2.05, 4.69) is 34.4 Å². The van der Waals surface area contributed by atoms with Gasteiger partial charge in [0.05, 0.1) is 36.6 Å². The van der Waals surface area contributed by atoms with Crippen molar-refractivity contribution in [2.45, 2.75) is 66.9 Å². The lowest BCUT2D eigenvalue weighted by molar-refractivity contribution is -0.162. The Labute approximate surface area is 335 Å². The molecule has 3 saturated heterocycles. The Morgan fingerprint density at radius 1 is 0.982 bits per heavy atom. The van der Waals surface area contributed by atoms with E-state index in [1.54, 1.807) is 36.1 Å². The zero-order valence-corrected chi connectivity index (χ0v) is 32.8. The van der Waals surface area contributed by atoms with Gasteiger partial charge in [-0.3, -0.25) is 19.2 Å². The van der Waals surface area contributed by atoms with E-state index in [-0.39, 0.29) is 25.3 Å². The minimum Gasteiger partial charge on any atom is -0.455 e. The number of anilines is 1. The van der Waals surface area contributed by atoms with Gasteiger partial charge in [-0.25, -0.2) is 0 Å². The number of hydrogen-bond acceptors (Lipinski definition) is 7. The van der Waals surface area contributed by atoms with Crippen molar-refractivity contribution in [1.29, 1.82) is 0 Å². The van der Waals surface area contributed by atoms with Gasteiger partial charge in [-0.2, -0.15) is 0 Å². The number of ether oxygens (including phenoxy) is 2. The van der Waals surface area contributed by atoms with E-state index < -0.39 is 77.0 Å². The van der Waals surface area contributed by atoms with Crippen molar-refractivity contribution in [3.05, 3.63) is 140 Å². The van der Waals surface area contributed by atoms with Gasteiger partial charge in [-0.1, -0.05) is 119 Å². The van der Waals surface area contributed by atoms with Crippen LogP contribution in [0.2, 0.25) is 0 Å². The van der Waals surface area contributed by atoms with Crippen LogP contribution >= 0.6 is 15.9 Å². The number of rotatable bonds is 15. The third-order valence-corrected chi connectivity index (χ3v) is 12.2. The molecule has 290 valence electrons. The fraction of sp³-hybridized carbons (Fsp3) is 0.333. The number of benzene rings is 4. The molecule has 10 nitrogen and oxygen atoms in total. The van der Waals surface area contributed by atoms with Crippen molar-refractivity contribution < 1.29 is 33.8 Å². The lowest BCUT2D eigenvalue weighted by atomic mass is 9.70. The van der Waals surface area contributed by atoms with Gasteiger partial charge in [-0.15, -0.1) is 13.2 Å². The largest absolute Gasteiger partial charge is 0.455 e. The number of allylic oxidation sites excluding steroid dienone is 1. The van der Waals surface area contributed by atoms with E-state index in [0.29, 0.717) is 23.2 Å². The number of halogens is 1. The molecule has 9 atom stereocenters. The summed E-state index contributed by atoms with van der Waals surface area (Å²) in [6, 6.07) is 29.0. The Hall–Kier alpha value is -5.10. The number of fused-ring (bicyclic) bond motifs is 2. The number of carbonyl (C=O) groups excluding carboxylic acids is 4. The second-order valence-electron chi connectivity index (χ2n) is 14.7. The topological polar surface area (TPSA) is 125 Å². The number of hydrogen-bond donors (Lipinski definition) is 2. The summed E-state index contributed by atoms with van der Waals surface area (Å²) >= 11 is 3.77. The van der Waals surface area contributed by atoms with Crippen LogP contribution in [0.4, 0.5) is 5.69 Å². The second-order valence-corrected chi connectivity index (χ2v) is 15.9. The van der Waals surface area contributed by atoms with E-state index >= 15 is 9.59 Å². The van der Waals surface area contributed by atoms with Crippen molar-refractivity contribution >= 4 is 56.1 Å². The smallest absolute Gasteiger partial charge is 0.313 e. The summed E-state index contributed by atoms with van der Waals surface area (Å²) < 4.78 is 13.2. The molecule has 1 spiro atoms. The van der Waals surface area contributed by atoms with Crippen LogP contribution in [0, 0.1) is 11.8 Å². The van der Waals surface area contributed by atoms with Crippen molar-refractivity contribution in [3.63, 3.8) is 0 Å². The molecule has 2 bridgehead atoms. The quantitative estimate of drug-likeness (QED) is 0.0788. The molecule has 7 rings (SSSR count). The molecule has 3 amide bonds. The first-order valence-corrected chi connectivity index (χ1v) is 19.9. The molecule has 11 heteroatoms. The predicted molar refractivity (Wildman–Crippen MR) is 218 cm³/mol. The van der Waals surface area contributed by atoms with E-state index in [1.165, 1.54) is 4.90 Å². The average molecular weight is 821 g/mol. The average Bonchev–Trinajstić information content (AvgIpc) is 3.81. The monoisotopic (exact) mass is 819 g/mol. The van der Waals surface area contributed by atoms with Crippen molar-refractivity contribution in [2.24, 2.45) is 11.8 Å². The molecule has 0 aromatic heterocycles. The molecule has 3 heterocycles. The Bertz CT molecular complexity index is 2110. The van der Waals surface area contributed by atoms with Crippen molar-refractivity contribution in [2.75, 3.05) is 18.1 Å².